The topological polar surface area (TPSA) is 215 Å². The lowest BCUT2D eigenvalue weighted by molar-refractivity contribution is -0.148. The Balaban J connectivity index is 1.04. The summed E-state index contributed by atoms with van der Waals surface area (Å²) in [6, 6.07) is 13.0. The first kappa shape index (κ1) is 40.5. The van der Waals surface area contributed by atoms with Gasteiger partial charge < -0.3 is 50.1 Å². The van der Waals surface area contributed by atoms with Crippen LogP contribution in [0.25, 0.3) is 33.6 Å². The van der Waals surface area contributed by atoms with Gasteiger partial charge in [-0.25, -0.2) is 19.6 Å². The highest BCUT2D eigenvalue weighted by Crippen LogP contribution is 2.50. The zero-order valence-electron chi connectivity index (χ0n) is 33.5. The highest BCUT2D eigenvalue weighted by Gasteiger charge is 2.60. The average molecular weight is 797 g/mol. The number of carbonyl (C=O) groups is 4. The highest BCUT2D eigenvalue weighted by molar-refractivity contribution is 5.87. The third-order valence-corrected chi connectivity index (χ3v) is 11.8. The molecule has 16 nitrogen and oxygen atoms in total. The number of nitrogens with zero attached hydrogens (tertiary/aromatic N) is 4. The van der Waals surface area contributed by atoms with Gasteiger partial charge in [0, 0.05) is 24.2 Å². The Labute approximate surface area is 336 Å². The van der Waals surface area contributed by atoms with Crippen LogP contribution in [0.4, 0.5) is 9.59 Å². The number of nitrogens with one attached hydrogen (secondary N) is 4. The van der Waals surface area contributed by atoms with Crippen LogP contribution in [0, 0.1) is 17.8 Å². The molecule has 6 N–H and O–H groups in total. The fourth-order valence-electron chi connectivity index (χ4n) is 8.70. The van der Waals surface area contributed by atoms with Crippen LogP contribution in [0.3, 0.4) is 0 Å². The van der Waals surface area contributed by atoms with E-state index < -0.39 is 54.5 Å². The number of H-pyrrole nitrogens is 2. The first-order chi connectivity index (χ1) is 27.8. The molecule has 2 aromatic carbocycles. The van der Waals surface area contributed by atoms with Crippen LogP contribution in [0.5, 0.6) is 0 Å². The molecule has 4 aromatic rings. The molecule has 4 amide bonds. The molecule has 3 fully saturated rings. The van der Waals surface area contributed by atoms with Gasteiger partial charge in [-0.15, -0.1) is 0 Å². The fraction of sp³-hybridized carbons (Fsp3) is 0.476. The number of aromatic nitrogens is 4. The van der Waals surface area contributed by atoms with Gasteiger partial charge in [0.25, 0.3) is 0 Å². The maximum atomic E-state index is 14.0. The first-order valence-electron chi connectivity index (χ1n) is 19.8. The van der Waals surface area contributed by atoms with E-state index in [4.69, 9.17) is 14.5 Å². The number of aromatic amines is 2. The second-order valence-electron chi connectivity index (χ2n) is 16.1. The van der Waals surface area contributed by atoms with Gasteiger partial charge in [-0.2, -0.15) is 0 Å². The lowest BCUT2D eigenvalue weighted by Gasteiger charge is -2.41. The molecule has 16 heteroatoms. The van der Waals surface area contributed by atoms with Crippen molar-refractivity contribution >= 4 is 24.0 Å². The van der Waals surface area contributed by atoms with Crippen molar-refractivity contribution in [1.82, 2.24) is 40.4 Å². The molecule has 0 spiro atoms. The van der Waals surface area contributed by atoms with Crippen molar-refractivity contribution in [2.45, 2.75) is 89.4 Å². The number of carbonyl (C=O) groups excluding carboxylic acids is 4. The van der Waals surface area contributed by atoms with Gasteiger partial charge in [-0.3, -0.25) is 9.59 Å². The standard InChI is InChI=1S/C42H52N8O8/c1-21(2)32(47-41(55)57-5)39(53)49-17-7-8-30(49)37-43-19-28(45-37)25-13-9-23(10-14-25)24-11-15-26(16-12-24)29-20-44-38(46-29)34-27-18-31(36(52)35(27)51)50(34)40(54)33(22(3)4)48-42(56)58-6/h9-16,19-22,27,30-36,51-52H,7-8,17-18H2,1-6H3,(H,43,45)(H,44,46)(H,47,55)(H,48,56)/t27?,30-,31?,32-,33-,34-,35-,36+/m0/s1. The number of imidazole rings is 2. The molecule has 2 aliphatic heterocycles. The summed E-state index contributed by atoms with van der Waals surface area (Å²) in [5.74, 6) is -0.154. The number of piperidine rings is 1. The number of alkyl carbamates (subject to hydrolysis) is 2. The summed E-state index contributed by atoms with van der Waals surface area (Å²) >= 11 is 0. The van der Waals surface area contributed by atoms with Gasteiger partial charge in [-0.1, -0.05) is 76.2 Å². The van der Waals surface area contributed by atoms with Crippen molar-refractivity contribution in [2.24, 2.45) is 17.8 Å². The summed E-state index contributed by atoms with van der Waals surface area (Å²) in [6.45, 7) is 7.99. The Morgan fingerprint density at radius 2 is 1.36 bits per heavy atom. The van der Waals surface area contributed by atoms with E-state index in [9.17, 15) is 29.4 Å². The minimum atomic E-state index is -1.11. The number of rotatable bonds is 11. The molecule has 3 aliphatic rings. The predicted octanol–water partition coefficient (Wildman–Crippen LogP) is 4.55. The summed E-state index contributed by atoms with van der Waals surface area (Å²) in [6.07, 6.45) is 2.06. The number of hydrogen-bond donors (Lipinski definition) is 6. The molecule has 2 unspecified atom stereocenters. The van der Waals surface area contributed by atoms with E-state index >= 15 is 0 Å². The van der Waals surface area contributed by atoms with E-state index in [1.807, 2.05) is 76.2 Å². The zero-order valence-corrected chi connectivity index (χ0v) is 33.5. The third kappa shape index (κ3) is 7.65. The van der Waals surface area contributed by atoms with Crippen molar-refractivity contribution in [2.75, 3.05) is 20.8 Å². The van der Waals surface area contributed by atoms with Crippen molar-refractivity contribution in [3.05, 3.63) is 72.6 Å². The molecule has 7 rings (SSSR count). The van der Waals surface area contributed by atoms with Crippen molar-refractivity contribution < 1.29 is 38.9 Å². The number of ether oxygens (including phenoxy) is 2. The minimum Gasteiger partial charge on any atom is -0.453 e. The normalized spacial score (nSPS) is 23.6. The maximum absolute atomic E-state index is 14.0. The smallest absolute Gasteiger partial charge is 0.407 e. The number of hydrogen-bond acceptors (Lipinski definition) is 10. The van der Waals surface area contributed by atoms with E-state index in [-0.39, 0.29) is 29.7 Å². The lowest BCUT2D eigenvalue weighted by Crippen LogP contribution is -2.58. The van der Waals surface area contributed by atoms with Crippen molar-refractivity contribution in [3.63, 3.8) is 0 Å². The van der Waals surface area contributed by atoms with Crippen LogP contribution in [0.2, 0.25) is 0 Å². The Morgan fingerprint density at radius 3 is 1.95 bits per heavy atom. The molecule has 2 bridgehead atoms. The molecular weight excluding hydrogens is 745 g/mol. The molecular formula is C42H52N8O8. The number of amides is 4. The van der Waals surface area contributed by atoms with Gasteiger partial charge in [0.1, 0.15) is 29.8 Å². The second-order valence-corrected chi connectivity index (χ2v) is 16.1. The Kier molecular flexibility index (Phi) is 11.6. The lowest BCUT2D eigenvalue weighted by atomic mass is 9.92. The molecule has 1 aliphatic carbocycles. The van der Waals surface area contributed by atoms with Gasteiger partial charge in [0.15, 0.2) is 0 Å². The van der Waals surface area contributed by atoms with Crippen molar-refractivity contribution in [3.8, 4) is 33.6 Å². The van der Waals surface area contributed by atoms with Gasteiger partial charge in [0.2, 0.25) is 11.8 Å². The summed E-state index contributed by atoms with van der Waals surface area (Å²) in [5, 5.41) is 27.0. The maximum Gasteiger partial charge on any atom is 0.407 e. The number of benzene rings is 2. The third-order valence-electron chi connectivity index (χ3n) is 11.8. The van der Waals surface area contributed by atoms with Gasteiger partial charge >= 0.3 is 12.2 Å². The Bertz CT molecular complexity index is 2110. The monoisotopic (exact) mass is 796 g/mol. The highest BCUT2D eigenvalue weighted by atomic mass is 16.5. The van der Waals surface area contributed by atoms with E-state index in [0.29, 0.717) is 30.3 Å². The molecule has 308 valence electrons. The number of methoxy groups -OCH3 is 2. The molecule has 8 atom stereocenters. The number of aliphatic hydroxyl groups excluding tert-OH is 2. The summed E-state index contributed by atoms with van der Waals surface area (Å²) < 4.78 is 9.51. The van der Waals surface area contributed by atoms with E-state index in [0.717, 1.165) is 40.8 Å². The molecule has 2 saturated heterocycles. The van der Waals surface area contributed by atoms with E-state index in [2.05, 4.69) is 25.6 Å². The minimum absolute atomic E-state index is 0.120. The Morgan fingerprint density at radius 1 is 0.793 bits per heavy atom. The van der Waals surface area contributed by atoms with Crippen LogP contribution >= 0.6 is 0 Å². The van der Waals surface area contributed by atoms with Crippen LogP contribution in [0.1, 0.15) is 70.7 Å². The van der Waals surface area contributed by atoms with Crippen LogP contribution < -0.4 is 10.6 Å². The second kappa shape index (κ2) is 16.6. The van der Waals surface area contributed by atoms with Gasteiger partial charge in [0.05, 0.1) is 56.0 Å². The number of fused-ring (bicyclic) bond motifs is 2. The summed E-state index contributed by atoms with van der Waals surface area (Å²) in [7, 11) is 2.51. The molecule has 58 heavy (non-hydrogen) atoms. The van der Waals surface area contributed by atoms with Crippen molar-refractivity contribution in [1.29, 1.82) is 0 Å². The molecule has 4 heterocycles. The largest absolute Gasteiger partial charge is 0.453 e. The summed E-state index contributed by atoms with van der Waals surface area (Å²) in [5.41, 5.74) is 5.28. The Hall–Kier alpha value is -5.74. The number of likely N-dealkylation sites (tertiary alicyclic amines) is 2. The van der Waals surface area contributed by atoms with E-state index in [1.54, 1.807) is 22.2 Å². The predicted molar refractivity (Wildman–Crippen MR) is 213 cm³/mol. The fourth-order valence-corrected chi connectivity index (χ4v) is 8.70. The van der Waals surface area contributed by atoms with E-state index in [1.165, 1.54) is 14.2 Å². The van der Waals surface area contributed by atoms with Crippen LogP contribution in [-0.2, 0) is 19.1 Å². The first-order valence-corrected chi connectivity index (χ1v) is 19.8. The average Bonchev–Trinajstić information content (AvgIpc) is 4.08. The molecule has 0 radical (unpaired) electrons. The zero-order chi connectivity index (χ0) is 41.4. The number of aliphatic hydroxyl groups is 2. The molecule has 1 saturated carbocycles. The van der Waals surface area contributed by atoms with Gasteiger partial charge in [-0.05, 0) is 47.8 Å². The van der Waals surface area contributed by atoms with Crippen LogP contribution in [0.15, 0.2) is 60.9 Å². The summed E-state index contributed by atoms with van der Waals surface area (Å²) in [4.78, 5) is 71.1. The quantitative estimate of drug-likeness (QED) is 0.125. The SMILES string of the molecule is COC(=O)N[C@H](C(=O)N1CCC[C@H]1c1ncc(-c2ccc(-c3ccc(-c4c[nH]c([C@@H]5C6CC([C@@H](O)[C@H]6O)N5C(=O)[C@@H](NC(=O)OC)C(C)C)n4)cc3)cc2)[nH]1)C(C)C. The van der Waals surface area contributed by atoms with Crippen LogP contribution in [-0.4, -0.2) is 115 Å². The molecule has 2 aromatic heterocycles.